The van der Waals surface area contributed by atoms with Gasteiger partial charge in [0.2, 0.25) is 5.91 Å². The summed E-state index contributed by atoms with van der Waals surface area (Å²) in [6, 6.07) is 5.64. The van der Waals surface area contributed by atoms with Crippen LogP contribution >= 0.6 is 0 Å². The Balaban J connectivity index is 2.23. The van der Waals surface area contributed by atoms with Crippen LogP contribution < -0.4 is 4.74 Å². The Kier molecular flexibility index (Phi) is 3.22. The van der Waals surface area contributed by atoms with Crippen LogP contribution in [0.25, 0.3) is 0 Å². The van der Waals surface area contributed by atoms with Crippen molar-refractivity contribution in [3.63, 3.8) is 0 Å². The van der Waals surface area contributed by atoms with E-state index in [0.29, 0.717) is 4.90 Å². The van der Waals surface area contributed by atoms with Crippen molar-refractivity contribution in [2.45, 2.75) is 32.3 Å². The van der Waals surface area contributed by atoms with Crippen molar-refractivity contribution in [1.29, 1.82) is 0 Å². The molecule has 19 heavy (non-hydrogen) atoms. The molecule has 0 atom stereocenters. The third-order valence-electron chi connectivity index (χ3n) is 3.18. The monoisotopic (exact) mass is 263 g/mol. The number of nitrogens with zero attached hydrogens (tertiary/aromatic N) is 1. The molecule has 2 amide bonds. The Morgan fingerprint density at radius 2 is 2.11 bits per heavy atom. The van der Waals surface area contributed by atoms with Gasteiger partial charge in [0, 0.05) is 19.0 Å². The van der Waals surface area contributed by atoms with Gasteiger partial charge in [-0.3, -0.25) is 9.69 Å². The molecule has 102 valence electrons. The van der Waals surface area contributed by atoms with Crippen molar-refractivity contribution in [3.8, 4) is 5.75 Å². The predicted octanol–water partition coefficient (Wildman–Crippen LogP) is 2.08. The van der Waals surface area contributed by atoms with Gasteiger partial charge in [0.25, 0.3) is 0 Å². The highest BCUT2D eigenvalue weighted by Gasteiger charge is 2.32. The van der Waals surface area contributed by atoms with E-state index in [1.807, 2.05) is 26.0 Å². The maximum Gasteiger partial charge on any atom is 0.413 e. The van der Waals surface area contributed by atoms with E-state index in [4.69, 9.17) is 9.84 Å². The van der Waals surface area contributed by atoms with E-state index < -0.39 is 12.0 Å². The summed E-state index contributed by atoms with van der Waals surface area (Å²) in [6.45, 7) is 3.98. The highest BCUT2D eigenvalue weighted by molar-refractivity contribution is 5.92. The molecule has 0 radical (unpaired) electrons. The zero-order valence-electron chi connectivity index (χ0n) is 11.3. The minimum absolute atomic E-state index is 0.0298. The fourth-order valence-electron chi connectivity index (χ4n) is 2.21. The van der Waals surface area contributed by atoms with E-state index in [0.717, 1.165) is 23.3 Å². The number of hydrogen-bond acceptors (Lipinski definition) is 3. The lowest BCUT2D eigenvalue weighted by Crippen LogP contribution is -2.33. The molecule has 1 aromatic carbocycles. The number of carbonyl (C=O) groups excluding carboxylic acids is 1. The van der Waals surface area contributed by atoms with Crippen molar-refractivity contribution < 1.29 is 19.4 Å². The van der Waals surface area contributed by atoms with Crippen LogP contribution in [0.1, 0.15) is 25.0 Å². The zero-order valence-corrected chi connectivity index (χ0v) is 11.3. The number of fused-ring (bicyclic) bond motifs is 1. The molecular weight excluding hydrogens is 246 g/mol. The first-order valence-electron chi connectivity index (χ1n) is 6.09. The fraction of sp³-hybridized carbons (Fsp3) is 0.429. The molecule has 1 N–H and O–H groups in total. The molecule has 0 saturated heterocycles. The minimum atomic E-state index is -1.25. The normalized spacial score (nSPS) is 15.5. The average molecular weight is 263 g/mol. The molecule has 1 heterocycles. The Morgan fingerprint density at radius 1 is 1.42 bits per heavy atom. The molecule has 0 spiro atoms. The maximum absolute atomic E-state index is 11.8. The second-order valence-electron chi connectivity index (χ2n) is 5.36. The van der Waals surface area contributed by atoms with Crippen molar-refractivity contribution in [3.05, 3.63) is 29.3 Å². The second kappa shape index (κ2) is 4.57. The average Bonchev–Trinajstić information content (AvgIpc) is 2.63. The lowest BCUT2D eigenvalue weighted by molar-refractivity contribution is -0.127. The van der Waals surface area contributed by atoms with Crippen LogP contribution in [0.3, 0.4) is 0 Å². The number of rotatable bonds is 2. The number of para-hydroxylation sites is 1. The lowest BCUT2D eigenvalue weighted by atomic mass is 9.99. The molecule has 0 aliphatic carbocycles. The van der Waals surface area contributed by atoms with Gasteiger partial charge in [-0.25, -0.2) is 4.79 Å². The Labute approximate surface area is 111 Å². The molecule has 0 fully saturated rings. The van der Waals surface area contributed by atoms with Gasteiger partial charge >= 0.3 is 6.09 Å². The first-order valence-corrected chi connectivity index (χ1v) is 6.09. The lowest BCUT2D eigenvalue weighted by Gasteiger charge is -2.18. The zero-order chi connectivity index (χ0) is 14.2. The topological polar surface area (TPSA) is 66.8 Å². The summed E-state index contributed by atoms with van der Waals surface area (Å²) in [4.78, 5) is 23.2. The largest absolute Gasteiger partial charge is 0.487 e. The summed E-state index contributed by atoms with van der Waals surface area (Å²) in [5, 5.41) is 8.78. The van der Waals surface area contributed by atoms with Crippen LogP contribution in [-0.4, -0.2) is 34.7 Å². The van der Waals surface area contributed by atoms with Crippen molar-refractivity contribution in [2.24, 2.45) is 0 Å². The van der Waals surface area contributed by atoms with E-state index >= 15 is 0 Å². The van der Waals surface area contributed by atoms with E-state index in [9.17, 15) is 9.59 Å². The van der Waals surface area contributed by atoms with E-state index in [2.05, 4.69) is 0 Å². The maximum atomic E-state index is 11.8. The first kappa shape index (κ1) is 13.4. The number of imide groups is 1. The van der Waals surface area contributed by atoms with Crippen molar-refractivity contribution in [2.75, 3.05) is 7.05 Å². The van der Waals surface area contributed by atoms with Gasteiger partial charge in [-0.05, 0) is 19.4 Å². The predicted molar refractivity (Wildman–Crippen MR) is 69.4 cm³/mol. The number of likely N-dealkylation sites (N-methyl/N-ethyl adjacent to an activating group) is 1. The van der Waals surface area contributed by atoms with Crippen molar-refractivity contribution in [1.82, 2.24) is 4.90 Å². The van der Waals surface area contributed by atoms with Gasteiger partial charge in [-0.2, -0.15) is 0 Å². The Hall–Kier alpha value is -2.04. The molecule has 1 aliphatic rings. The summed E-state index contributed by atoms with van der Waals surface area (Å²) in [7, 11) is 1.25. The number of hydrogen-bond donors (Lipinski definition) is 1. The molecule has 5 nitrogen and oxygen atoms in total. The van der Waals surface area contributed by atoms with Gasteiger partial charge in [0.05, 0.1) is 6.42 Å². The van der Waals surface area contributed by atoms with E-state index in [1.54, 1.807) is 6.07 Å². The molecule has 1 aromatic rings. The number of ether oxygens (including phenoxy) is 1. The van der Waals surface area contributed by atoms with Crippen LogP contribution in [0.15, 0.2) is 18.2 Å². The standard InChI is InChI=1S/C14H17NO4/c1-14(2)8-10-6-4-5-9(12(10)19-14)7-11(16)15(3)13(17)18/h4-6H,7-8H2,1-3H3,(H,17,18). The second-order valence-corrected chi connectivity index (χ2v) is 5.36. The molecule has 0 unspecified atom stereocenters. The van der Waals surface area contributed by atoms with Crippen LogP contribution in [0.2, 0.25) is 0 Å². The molecule has 5 heteroatoms. The highest BCUT2D eigenvalue weighted by Crippen LogP contribution is 2.37. The number of carboxylic acid groups (broad SMARTS) is 1. The number of benzene rings is 1. The summed E-state index contributed by atoms with van der Waals surface area (Å²) < 4.78 is 5.85. The van der Waals surface area contributed by atoms with Gasteiger partial charge in [0.1, 0.15) is 11.4 Å². The summed E-state index contributed by atoms with van der Waals surface area (Å²) in [6.07, 6.45) is -0.430. The van der Waals surface area contributed by atoms with Gasteiger partial charge in [0.15, 0.2) is 0 Å². The van der Waals surface area contributed by atoms with Gasteiger partial charge < -0.3 is 9.84 Å². The molecule has 1 aliphatic heterocycles. The van der Waals surface area contributed by atoms with Crippen molar-refractivity contribution >= 4 is 12.0 Å². The highest BCUT2D eigenvalue weighted by atomic mass is 16.5. The summed E-state index contributed by atoms with van der Waals surface area (Å²) >= 11 is 0. The molecule has 0 saturated carbocycles. The van der Waals surface area contributed by atoms with E-state index in [1.165, 1.54) is 7.05 Å². The SMILES string of the molecule is CN(C(=O)O)C(=O)Cc1cccc2c1OC(C)(C)C2. The smallest absolute Gasteiger partial charge is 0.413 e. The van der Waals surface area contributed by atoms with Crippen LogP contribution in [0.4, 0.5) is 4.79 Å². The Bertz CT molecular complexity index is 536. The molecule has 2 rings (SSSR count). The third kappa shape index (κ3) is 2.70. The summed E-state index contributed by atoms with van der Waals surface area (Å²) in [5.41, 5.74) is 1.52. The number of amides is 2. The van der Waals surface area contributed by atoms with Gasteiger partial charge in [-0.15, -0.1) is 0 Å². The summed E-state index contributed by atoms with van der Waals surface area (Å²) in [5.74, 6) is 0.258. The quantitative estimate of drug-likeness (QED) is 0.887. The molecular formula is C14H17NO4. The van der Waals surface area contributed by atoms with E-state index in [-0.39, 0.29) is 12.0 Å². The fourth-order valence-corrected chi connectivity index (χ4v) is 2.21. The Morgan fingerprint density at radius 3 is 2.74 bits per heavy atom. The van der Waals surface area contributed by atoms with Crippen LogP contribution in [-0.2, 0) is 17.6 Å². The molecule has 0 bridgehead atoms. The first-order chi connectivity index (χ1) is 8.80. The van der Waals surface area contributed by atoms with Gasteiger partial charge in [-0.1, -0.05) is 18.2 Å². The third-order valence-corrected chi connectivity index (χ3v) is 3.18. The molecule has 0 aromatic heterocycles. The minimum Gasteiger partial charge on any atom is -0.487 e. The van der Waals surface area contributed by atoms with Crippen LogP contribution in [0, 0.1) is 0 Å². The van der Waals surface area contributed by atoms with Crippen LogP contribution in [0.5, 0.6) is 5.75 Å². The number of carbonyl (C=O) groups is 2.